The van der Waals surface area contributed by atoms with Gasteiger partial charge in [0.25, 0.3) is 0 Å². The summed E-state index contributed by atoms with van der Waals surface area (Å²) in [5.41, 5.74) is 0.645. The molecule has 1 spiro atoms. The largest absolute Gasteiger partial charge is 0.355 e. The predicted molar refractivity (Wildman–Crippen MR) is 97.0 cm³/mol. The monoisotopic (exact) mass is 394 g/mol. The molecule has 20 heavy (non-hydrogen) atoms. The molecule has 0 radical (unpaired) electrons. The quantitative estimate of drug-likeness (QED) is 0.451. The molecular weight excluding hydrogens is 363 g/mol. The van der Waals surface area contributed by atoms with Crippen molar-refractivity contribution < 1.29 is 0 Å². The van der Waals surface area contributed by atoms with E-state index in [1.165, 1.54) is 38.8 Å². The van der Waals surface area contributed by atoms with Gasteiger partial charge in [-0.25, -0.2) is 0 Å². The van der Waals surface area contributed by atoms with Crippen molar-refractivity contribution in [3.63, 3.8) is 0 Å². The van der Waals surface area contributed by atoms with Crippen molar-refractivity contribution in [1.29, 1.82) is 0 Å². The summed E-state index contributed by atoms with van der Waals surface area (Å²) in [6, 6.07) is 0.605. The number of guanidine groups is 1. The molecule has 1 aliphatic heterocycles. The van der Waals surface area contributed by atoms with E-state index in [4.69, 9.17) is 0 Å². The van der Waals surface area contributed by atoms with Crippen LogP contribution in [0, 0.1) is 5.41 Å². The maximum Gasteiger partial charge on any atom is 0.193 e. The average molecular weight is 394 g/mol. The molecule has 2 aliphatic rings. The predicted octanol–water partition coefficient (Wildman–Crippen LogP) is 2.40. The van der Waals surface area contributed by atoms with Gasteiger partial charge in [0.2, 0.25) is 0 Å². The molecule has 0 aromatic carbocycles. The van der Waals surface area contributed by atoms with E-state index in [-0.39, 0.29) is 24.0 Å². The number of nitrogens with one attached hydrogen (secondary N) is 1. The van der Waals surface area contributed by atoms with E-state index in [0.717, 1.165) is 19.0 Å². The van der Waals surface area contributed by atoms with Crippen LogP contribution in [0.15, 0.2) is 4.99 Å². The number of aliphatic imine (C=N–C) groups is 1. The van der Waals surface area contributed by atoms with Crippen LogP contribution in [0.3, 0.4) is 0 Å². The third kappa shape index (κ3) is 4.23. The minimum absolute atomic E-state index is 0. The number of likely N-dealkylation sites (tertiary alicyclic amines) is 1. The SMILES string of the molecule is CN=C(NCCN(C)C(C)C)N1CCC2(CCC2)C1.I. The molecule has 1 saturated carbocycles. The molecule has 1 N–H and O–H groups in total. The maximum absolute atomic E-state index is 4.45. The molecule has 1 aliphatic carbocycles. The Labute approximate surface area is 141 Å². The van der Waals surface area contributed by atoms with Gasteiger partial charge in [-0.3, -0.25) is 4.99 Å². The number of hydrogen-bond donors (Lipinski definition) is 1. The number of halogens is 1. The fourth-order valence-corrected chi connectivity index (χ4v) is 3.14. The molecule has 0 unspecified atom stereocenters. The summed E-state index contributed by atoms with van der Waals surface area (Å²) < 4.78 is 0. The fourth-order valence-electron chi connectivity index (χ4n) is 3.14. The van der Waals surface area contributed by atoms with E-state index in [1.54, 1.807) is 0 Å². The van der Waals surface area contributed by atoms with Gasteiger partial charge in [0.05, 0.1) is 0 Å². The zero-order valence-corrected chi connectivity index (χ0v) is 15.8. The first-order chi connectivity index (χ1) is 9.06. The Bertz CT molecular complexity index is 326. The molecule has 0 aromatic rings. The summed E-state index contributed by atoms with van der Waals surface area (Å²) in [7, 11) is 4.08. The number of rotatable bonds is 4. The van der Waals surface area contributed by atoms with Crippen LogP contribution in [0.2, 0.25) is 0 Å². The van der Waals surface area contributed by atoms with E-state index >= 15 is 0 Å². The second kappa shape index (κ2) is 7.82. The lowest BCUT2D eigenvalue weighted by Gasteiger charge is -2.38. The van der Waals surface area contributed by atoms with Crippen LogP contribution < -0.4 is 5.32 Å². The van der Waals surface area contributed by atoms with Crippen LogP contribution in [0.4, 0.5) is 0 Å². The summed E-state index contributed by atoms with van der Waals surface area (Å²) in [4.78, 5) is 9.26. The molecule has 1 heterocycles. The molecule has 5 heteroatoms. The smallest absolute Gasteiger partial charge is 0.193 e. The molecule has 4 nitrogen and oxygen atoms in total. The molecule has 1 saturated heterocycles. The highest BCUT2D eigenvalue weighted by atomic mass is 127. The highest BCUT2D eigenvalue weighted by Crippen LogP contribution is 2.47. The van der Waals surface area contributed by atoms with Crippen LogP contribution in [0.1, 0.15) is 39.5 Å². The zero-order chi connectivity index (χ0) is 13.9. The van der Waals surface area contributed by atoms with Crippen LogP contribution in [0.5, 0.6) is 0 Å². The normalized spacial score (nSPS) is 21.3. The van der Waals surface area contributed by atoms with Crippen molar-refractivity contribution >= 4 is 29.9 Å². The molecular formula is C15H31IN4. The standard InChI is InChI=1S/C15H30N4.HI/c1-13(2)18(4)11-9-17-14(16-3)19-10-8-15(12-19)6-5-7-15;/h13H,5-12H2,1-4H3,(H,16,17);1H. The number of likely N-dealkylation sites (N-methyl/N-ethyl adjacent to an activating group) is 1. The Morgan fingerprint density at radius 1 is 1.35 bits per heavy atom. The van der Waals surface area contributed by atoms with Crippen molar-refractivity contribution in [3.8, 4) is 0 Å². The average Bonchev–Trinajstić information content (AvgIpc) is 2.79. The zero-order valence-electron chi connectivity index (χ0n) is 13.5. The van der Waals surface area contributed by atoms with Crippen LogP contribution in [-0.2, 0) is 0 Å². The minimum atomic E-state index is 0. The van der Waals surface area contributed by atoms with Crippen molar-refractivity contribution in [2.24, 2.45) is 10.4 Å². The second-order valence-corrected chi connectivity index (χ2v) is 6.57. The van der Waals surface area contributed by atoms with Gasteiger partial charge in [0.15, 0.2) is 5.96 Å². The lowest BCUT2D eigenvalue weighted by molar-refractivity contribution is 0.151. The lowest BCUT2D eigenvalue weighted by atomic mass is 9.68. The van der Waals surface area contributed by atoms with E-state index in [2.05, 4.69) is 41.0 Å². The van der Waals surface area contributed by atoms with Gasteiger partial charge in [0.1, 0.15) is 0 Å². The van der Waals surface area contributed by atoms with Gasteiger partial charge in [-0.1, -0.05) is 6.42 Å². The van der Waals surface area contributed by atoms with Gasteiger partial charge in [-0.05, 0) is 45.6 Å². The highest BCUT2D eigenvalue weighted by molar-refractivity contribution is 14.0. The van der Waals surface area contributed by atoms with Gasteiger partial charge < -0.3 is 15.1 Å². The van der Waals surface area contributed by atoms with E-state index in [0.29, 0.717) is 11.5 Å². The Morgan fingerprint density at radius 3 is 2.50 bits per heavy atom. The summed E-state index contributed by atoms with van der Waals surface area (Å²) in [6.45, 7) is 8.90. The third-order valence-corrected chi connectivity index (χ3v) is 4.99. The van der Waals surface area contributed by atoms with E-state index in [1.807, 2.05) is 7.05 Å². The topological polar surface area (TPSA) is 30.9 Å². The van der Waals surface area contributed by atoms with Crippen LogP contribution in [-0.4, -0.2) is 62.1 Å². The Balaban J connectivity index is 0.00000200. The first kappa shape index (κ1) is 18.0. The first-order valence-electron chi connectivity index (χ1n) is 7.72. The minimum Gasteiger partial charge on any atom is -0.355 e. The van der Waals surface area contributed by atoms with E-state index < -0.39 is 0 Å². The number of hydrogen-bond acceptors (Lipinski definition) is 2. The Hall–Kier alpha value is -0.0400. The van der Waals surface area contributed by atoms with Gasteiger partial charge in [-0.2, -0.15) is 0 Å². The number of nitrogens with zero attached hydrogens (tertiary/aromatic N) is 3. The molecule has 2 rings (SSSR count). The molecule has 2 fully saturated rings. The van der Waals surface area contributed by atoms with Crippen molar-refractivity contribution in [2.75, 3.05) is 40.3 Å². The fraction of sp³-hybridized carbons (Fsp3) is 0.933. The van der Waals surface area contributed by atoms with Gasteiger partial charge in [-0.15, -0.1) is 24.0 Å². The summed E-state index contributed by atoms with van der Waals surface area (Å²) in [5.74, 6) is 1.10. The van der Waals surface area contributed by atoms with Crippen LogP contribution in [0.25, 0.3) is 0 Å². The molecule has 0 aromatic heterocycles. The van der Waals surface area contributed by atoms with Crippen molar-refractivity contribution in [2.45, 2.75) is 45.6 Å². The first-order valence-corrected chi connectivity index (χ1v) is 7.72. The second-order valence-electron chi connectivity index (χ2n) is 6.57. The van der Waals surface area contributed by atoms with Crippen molar-refractivity contribution in [3.05, 3.63) is 0 Å². The van der Waals surface area contributed by atoms with Gasteiger partial charge in [0, 0.05) is 39.3 Å². The Morgan fingerprint density at radius 2 is 2.05 bits per heavy atom. The van der Waals surface area contributed by atoms with Crippen LogP contribution >= 0.6 is 24.0 Å². The third-order valence-electron chi connectivity index (χ3n) is 4.99. The Kier molecular flexibility index (Phi) is 7.04. The summed E-state index contributed by atoms with van der Waals surface area (Å²) in [6.07, 6.45) is 5.64. The highest BCUT2D eigenvalue weighted by Gasteiger charge is 2.43. The van der Waals surface area contributed by atoms with E-state index in [9.17, 15) is 0 Å². The lowest BCUT2D eigenvalue weighted by Crippen LogP contribution is -2.45. The molecule has 0 amide bonds. The molecule has 0 bridgehead atoms. The molecule has 118 valence electrons. The molecule has 0 atom stereocenters. The maximum atomic E-state index is 4.45. The summed E-state index contributed by atoms with van der Waals surface area (Å²) >= 11 is 0. The van der Waals surface area contributed by atoms with Gasteiger partial charge >= 0.3 is 0 Å². The van der Waals surface area contributed by atoms with Crippen molar-refractivity contribution in [1.82, 2.24) is 15.1 Å². The summed E-state index contributed by atoms with van der Waals surface area (Å²) in [5, 5.41) is 3.52.